The zero-order chi connectivity index (χ0) is 19.4. The molecule has 0 saturated carbocycles. The molecule has 0 bridgehead atoms. The summed E-state index contributed by atoms with van der Waals surface area (Å²) in [4.78, 5) is 27.3. The molecule has 0 spiro atoms. The third-order valence-corrected chi connectivity index (χ3v) is 5.10. The Bertz CT molecular complexity index is 800. The molecule has 0 unspecified atom stereocenters. The number of carbonyl (C=O) groups excluding carboxylic acids is 2. The molecule has 0 atom stereocenters. The minimum atomic E-state index is -0.664. The lowest BCUT2D eigenvalue weighted by Gasteiger charge is -2.34. The monoisotopic (exact) mass is 365 g/mol. The molecule has 1 aliphatic heterocycles. The summed E-state index contributed by atoms with van der Waals surface area (Å²) in [6.07, 6.45) is 2.56. The zero-order valence-corrected chi connectivity index (χ0v) is 16.0. The number of carbonyl (C=O) groups is 2. The first kappa shape index (κ1) is 19.3. The summed E-state index contributed by atoms with van der Waals surface area (Å²) in [5.74, 6) is 0.341. The third kappa shape index (κ3) is 5.04. The number of piperidine rings is 1. The van der Waals surface area contributed by atoms with Crippen LogP contribution in [0.4, 0.5) is 0 Å². The van der Waals surface area contributed by atoms with Gasteiger partial charge in [0.1, 0.15) is 0 Å². The highest BCUT2D eigenvalue weighted by Crippen LogP contribution is 2.27. The maximum Gasteiger partial charge on any atom is 0.253 e. The second-order valence-electron chi connectivity index (χ2n) is 8.03. The Morgan fingerprint density at radius 1 is 0.963 bits per heavy atom. The number of likely N-dealkylation sites (tertiary alicyclic amines) is 1. The van der Waals surface area contributed by atoms with Crippen molar-refractivity contribution in [1.29, 1.82) is 0 Å². The predicted molar refractivity (Wildman–Crippen MR) is 106 cm³/mol. The lowest BCUT2D eigenvalue weighted by molar-refractivity contribution is 0.0358. The number of hydrogen-bond donors (Lipinski definition) is 1. The van der Waals surface area contributed by atoms with Gasteiger partial charge in [0.2, 0.25) is 0 Å². The fraction of sp³-hybridized carbons (Fsp3) is 0.391. The summed E-state index contributed by atoms with van der Waals surface area (Å²) in [5, 5.41) is 9.99. The van der Waals surface area contributed by atoms with Crippen LogP contribution in [0.1, 0.15) is 59.4 Å². The van der Waals surface area contributed by atoms with Gasteiger partial charge in [-0.05, 0) is 51.2 Å². The van der Waals surface area contributed by atoms with Gasteiger partial charge in [-0.15, -0.1) is 0 Å². The van der Waals surface area contributed by atoms with E-state index in [2.05, 4.69) is 0 Å². The molecular formula is C23H27NO3. The smallest absolute Gasteiger partial charge is 0.253 e. The molecule has 4 heteroatoms. The predicted octanol–water partition coefficient (Wildman–Crippen LogP) is 3.93. The molecule has 1 aliphatic rings. The highest BCUT2D eigenvalue weighted by Gasteiger charge is 2.27. The van der Waals surface area contributed by atoms with E-state index in [-0.39, 0.29) is 11.7 Å². The van der Waals surface area contributed by atoms with Crippen LogP contribution in [-0.4, -0.2) is 40.4 Å². The molecule has 2 aromatic rings. The van der Waals surface area contributed by atoms with Crippen LogP contribution in [0.2, 0.25) is 0 Å². The molecule has 1 saturated heterocycles. The highest BCUT2D eigenvalue weighted by atomic mass is 16.3. The van der Waals surface area contributed by atoms with Gasteiger partial charge in [0, 0.05) is 29.8 Å². The molecule has 2 aromatic carbocycles. The first-order chi connectivity index (χ1) is 12.8. The molecule has 3 rings (SSSR count). The number of amides is 1. The van der Waals surface area contributed by atoms with Gasteiger partial charge in [-0.1, -0.05) is 42.5 Å². The normalized spacial score (nSPS) is 15.6. The van der Waals surface area contributed by atoms with Gasteiger partial charge < -0.3 is 10.0 Å². The molecule has 4 nitrogen and oxygen atoms in total. The molecule has 1 amide bonds. The molecule has 1 N–H and O–H groups in total. The van der Waals surface area contributed by atoms with E-state index in [1.165, 1.54) is 0 Å². The summed E-state index contributed by atoms with van der Waals surface area (Å²) < 4.78 is 0. The van der Waals surface area contributed by atoms with Gasteiger partial charge in [-0.3, -0.25) is 9.59 Å². The van der Waals surface area contributed by atoms with Crippen molar-refractivity contribution in [2.75, 3.05) is 13.1 Å². The molecule has 27 heavy (non-hydrogen) atoms. The van der Waals surface area contributed by atoms with E-state index in [0.29, 0.717) is 35.7 Å². The summed E-state index contributed by atoms with van der Waals surface area (Å²) in [7, 11) is 0. The van der Waals surface area contributed by atoms with Crippen molar-refractivity contribution < 1.29 is 14.7 Å². The summed E-state index contributed by atoms with van der Waals surface area (Å²) in [5.41, 5.74) is 1.04. The SMILES string of the molecule is CC(C)(O)CC1CCN(C(=O)c2cccc(C(=O)c3ccccc3)c2)CC1. The largest absolute Gasteiger partial charge is 0.390 e. The van der Waals surface area contributed by atoms with Crippen LogP contribution in [0.15, 0.2) is 54.6 Å². The molecule has 1 heterocycles. The number of hydrogen-bond acceptors (Lipinski definition) is 3. The van der Waals surface area contributed by atoms with Gasteiger partial charge in [-0.2, -0.15) is 0 Å². The van der Waals surface area contributed by atoms with Crippen LogP contribution in [0.25, 0.3) is 0 Å². The van der Waals surface area contributed by atoms with Crippen molar-refractivity contribution in [2.45, 2.75) is 38.7 Å². The minimum Gasteiger partial charge on any atom is -0.390 e. The minimum absolute atomic E-state index is 0.0283. The molecule has 0 aliphatic carbocycles. The van der Waals surface area contributed by atoms with Crippen LogP contribution in [0, 0.1) is 5.92 Å². The van der Waals surface area contributed by atoms with Crippen LogP contribution < -0.4 is 0 Å². The standard InChI is InChI=1S/C23H27NO3/c1-23(2,27)16-17-11-13-24(14-12-17)22(26)20-10-6-9-19(15-20)21(25)18-7-4-3-5-8-18/h3-10,15,17,27H,11-14,16H2,1-2H3. The van der Waals surface area contributed by atoms with Crippen molar-refractivity contribution in [1.82, 2.24) is 4.90 Å². The average molecular weight is 365 g/mol. The van der Waals surface area contributed by atoms with Crippen molar-refractivity contribution in [3.05, 3.63) is 71.3 Å². The average Bonchev–Trinajstić information content (AvgIpc) is 2.67. The van der Waals surface area contributed by atoms with Gasteiger partial charge in [0.15, 0.2) is 5.78 Å². The molecule has 0 aromatic heterocycles. The number of aliphatic hydroxyl groups is 1. The zero-order valence-electron chi connectivity index (χ0n) is 16.0. The lowest BCUT2D eigenvalue weighted by atomic mass is 9.86. The van der Waals surface area contributed by atoms with Crippen LogP contribution in [-0.2, 0) is 0 Å². The Labute approximate surface area is 160 Å². The third-order valence-electron chi connectivity index (χ3n) is 5.10. The van der Waals surface area contributed by atoms with E-state index in [1.54, 1.807) is 36.4 Å². The Hall–Kier alpha value is -2.46. The second-order valence-corrected chi connectivity index (χ2v) is 8.03. The Balaban J connectivity index is 1.67. The second kappa shape index (κ2) is 8.05. The van der Waals surface area contributed by atoms with E-state index in [1.807, 2.05) is 36.9 Å². The van der Waals surface area contributed by atoms with E-state index < -0.39 is 5.60 Å². The van der Waals surface area contributed by atoms with E-state index >= 15 is 0 Å². The van der Waals surface area contributed by atoms with Gasteiger partial charge in [0.05, 0.1) is 5.60 Å². The maximum absolute atomic E-state index is 12.9. The van der Waals surface area contributed by atoms with Gasteiger partial charge >= 0.3 is 0 Å². The van der Waals surface area contributed by atoms with E-state index in [4.69, 9.17) is 0 Å². The summed E-state index contributed by atoms with van der Waals surface area (Å²) >= 11 is 0. The Kier molecular flexibility index (Phi) is 5.76. The molecular weight excluding hydrogens is 338 g/mol. The fourth-order valence-corrected chi connectivity index (χ4v) is 3.78. The van der Waals surface area contributed by atoms with E-state index in [0.717, 1.165) is 19.3 Å². The Morgan fingerprint density at radius 3 is 2.19 bits per heavy atom. The van der Waals surface area contributed by atoms with E-state index in [9.17, 15) is 14.7 Å². The molecule has 1 fully saturated rings. The van der Waals surface area contributed by atoms with Gasteiger partial charge in [-0.25, -0.2) is 0 Å². The quantitative estimate of drug-likeness (QED) is 0.817. The number of rotatable bonds is 5. The first-order valence-corrected chi connectivity index (χ1v) is 9.55. The number of ketones is 1. The Morgan fingerprint density at radius 2 is 1.56 bits per heavy atom. The topological polar surface area (TPSA) is 57.6 Å². The molecule has 142 valence electrons. The number of benzene rings is 2. The van der Waals surface area contributed by atoms with Crippen molar-refractivity contribution in [2.24, 2.45) is 5.92 Å². The summed E-state index contributed by atoms with van der Waals surface area (Å²) in [6.45, 7) is 5.05. The van der Waals surface area contributed by atoms with Crippen molar-refractivity contribution in [3.63, 3.8) is 0 Å². The van der Waals surface area contributed by atoms with Gasteiger partial charge in [0.25, 0.3) is 5.91 Å². The molecule has 0 radical (unpaired) electrons. The fourth-order valence-electron chi connectivity index (χ4n) is 3.78. The van der Waals surface area contributed by atoms with Crippen LogP contribution in [0.3, 0.4) is 0 Å². The van der Waals surface area contributed by atoms with Crippen molar-refractivity contribution in [3.8, 4) is 0 Å². The van der Waals surface area contributed by atoms with Crippen molar-refractivity contribution >= 4 is 11.7 Å². The number of nitrogens with zero attached hydrogens (tertiary/aromatic N) is 1. The summed E-state index contributed by atoms with van der Waals surface area (Å²) in [6, 6.07) is 16.1. The lowest BCUT2D eigenvalue weighted by Crippen LogP contribution is -2.40. The first-order valence-electron chi connectivity index (χ1n) is 9.55. The maximum atomic E-state index is 12.9. The van der Waals surface area contributed by atoms with Crippen LogP contribution in [0.5, 0.6) is 0 Å². The highest BCUT2D eigenvalue weighted by molar-refractivity contribution is 6.10. The van der Waals surface area contributed by atoms with Crippen LogP contribution >= 0.6 is 0 Å².